The lowest BCUT2D eigenvalue weighted by Crippen LogP contribution is -1.83. The summed E-state index contributed by atoms with van der Waals surface area (Å²) in [6.45, 7) is 0. The Bertz CT molecular complexity index is 697. The Morgan fingerprint density at radius 3 is 1.63 bits per heavy atom. The van der Waals surface area contributed by atoms with E-state index in [0.29, 0.717) is 11.2 Å². The Morgan fingerprint density at radius 2 is 1.21 bits per heavy atom. The summed E-state index contributed by atoms with van der Waals surface area (Å²) in [7, 11) is 3.22. The van der Waals surface area contributed by atoms with Crippen molar-refractivity contribution in [2.24, 2.45) is 0 Å². The summed E-state index contributed by atoms with van der Waals surface area (Å²) >= 11 is 0. The molecule has 19 heavy (non-hydrogen) atoms. The molecule has 1 heterocycles. The zero-order valence-electron chi connectivity index (χ0n) is 10.5. The number of ether oxygens (including phenoxy) is 2. The van der Waals surface area contributed by atoms with E-state index in [1.807, 2.05) is 12.1 Å². The maximum Gasteiger partial charge on any atom is 0.191 e. The Kier molecular flexibility index (Phi) is 2.79. The fourth-order valence-electron chi connectivity index (χ4n) is 1.93. The highest BCUT2D eigenvalue weighted by atomic mass is 17.2. The van der Waals surface area contributed by atoms with Gasteiger partial charge in [0.25, 0.3) is 0 Å². The predicted octanol–water partition coefficient (Wildman–Crippen LogP) is 3.91. The Hall–Kier alpha value is -2.56. The minimum Gasteiger partial charge on any atom is -0.497 e. The van der Waals surface area contributed by atoms with Gasteiger partial charge in [-0.05, 0) is 36.4 Å². The molecule has 0 aliphatic rings. The summed E-state index contributed by atoms with van der Waals surface area (Å²) < 4.78 is 25.3. The van der Waals surface area contributed by atoms with Gasteiger partial charge in [0, 0.05) is 10.8 Å². The van der Waals surface area contributed by atoms with E-state index in [4.69, 9.17) is 23.4 Å². The lowest BCUT2D eigenvalue weighted by molar-refractivity contribution is -0.157. The van der Waals surface area contributed by atoms with E-state index >= 15 is 0 Å². The highest BCUT2D eigenvalue weighted by Crippen LogP contribution is 2.29. The number of rotatable bonds is 2. The minimum atomic E-state index is 0.549. The molecular formula is C14H12O5. The Morgan fingerprint density at radius 1 is 0.737 bits per heavy atom. The van der Waals surface area contributed by atoms with Crippen molar-refractivity contribution in [1.82, 2.24) is 0 Å². The normalized spacial score (nSPS) is 10.6. The summed E-state index contributed by atoms with van der Waals surface area (Å²) in [5.74, 6) is 1.44. The fourth-order valence-corrected chi connectivity index (χ4v) is 1.93. The maximum absolute atomic E-state index is 5.22. The molecule has 0 aliphatic carbocycles. The third kappa shape index (κ3) is 1.99. The topological polar surface area (TPSA) is 57.9 Å². The van der Waals surface area contributed by atoms with E-state index in [-0.39, 0.29) is 0 Å². The zero-order valence-corrected chi connectivity index (χ0v) is 10.5. The third-order valence-electron chi connectivity index (χ3n) is 2.91. The van der Waals surface area contributed by atoms with Crippen LogP contribution in [-0.4, -0.2) is 14.2 Å². The number of hydrogen-bond acceptors (Lipinski definition) is 5. The highest BCUT2D eigenvalue weighted by Gasteiger charge is 2.07. The lowest BCUT2D eigenvalue weighted by atomic mass is 10.1. The lowest BCUT2D eigenvalue weighted by Gasteiger charge is -2.01. The standard InChI is InChI=1S/C14H12O5/c1-15-9-3-5-13-11(7-9)12-8-10(16-2)4-6-14(12)18-19-17-13/h3-8H,1-2H3. The zero-order chi connectivity index (χ0) is 13.2. The van der Waals surface area contributed by atoms with Crippen molar-refractivity contribution in [2.75, 3.05) is 14.2 Å². The van der Waals surface area contributed by atoms with Gasteiger partial charge in [-0.1, -0.05) is 4.74 Å². The number of hydrogen-bond donors (Lipinski definition) is 0. The van der Waals surface area contributed by atoms with Crippen molar-refractivity contribution in [3.63, 3.8) is 0 Å². The van der Waals surface area contributed by atoms with Crippen LogP contribution in [0.5, 0.6) is 11.5 Å². The van der Waals surface area contributed by atoms with Crippen molar-refractivity contribution in [1.29, 1.82) is 0 Å². The van der Waals surface area contributed by atoms with Gasteiger partial charge in [-0.15, -0.1) is 0 Å². The molecule has 3 aromatic rings. The van der Waals surface area contributed by atoms with Gasteiger partial charge in [-0.25, -0.2) is 0 Å². The molecule has 1 aromatic heterocycles. The van der Waals surface area contributed by atoms with Gasteiger partial charge in [0.05, 0.1) is 14.2 Å². The molecule has 0 aliphatic heterocycles. The molecule has 5 heteroatoms. The van der Waals surface area contributed by atoms with Crippen LogP contribution in [0.3, 0.4) is 0 Å². The van der Waals surface area contributed by atoms with Gasteiger partial charge < -0.3 is 9.47 Å². The van der Waals surface area contributed by atoms with E-state index in [9.17, 15) is 0 Å². The molecule has 0 saturated heterocycles. The van der Waals surface area contributed by atoms with Gasteiger partial charge in [-0.2, -0.15) is 0 Å². The molecule has 5 nitrogen and oxygen atoms in total. The first-order valence-corrected chi connectivity index (χ1v) is 5.69. The SMILES string of the molecule is COc1ccc2oooc3ccc(OC)cc3c2c1. The second kappa shape index (κ2) is 4.61. The predicted molar refractivity (Wildman–Crippen MR) is 69.0 cm³/mol. The maximum atomic E-state index is 5.22. The molecule has 0 spiro atoms. The fraction of sp³-hybridized carbons (Fsp3) is 0.143. The number of benzene rings is 2. The van der Waals surface area contributed by atoms with Crippen LogP contribution in [0.2, 0.25) is 0 Å². The van der Waals surface area contributed by atoms with Crippen molar-refractivity contribution in [3.8, 4) is 11.5 Å². The molecular weight excluding hydrogens is 248 g/mol. The van der Waals surface area contributed by atoms with E-state index < -0.39 is 0 Å². The second-order valence-electron chi connectivity index (χ2n) is 3.96. The van der Waals surface area contributed by atoms with E-state index in [1.165, 1.54) is 0 Å². The third-order valence-corrected chi connectivity index (χ3v) is 2.91. The smallest absolute Gasteiger partial charge is 0.191 e. The molecule has 0 N–H and O–H groups in total. The van der Waals surface area contributed by atoms with E-state index in [1.54, 1.807) is 38.5 Å². The molecule has 98 valence electrons. The Labute approximate surface area is 108 Å². The number of methoxy groups -OCH3 is 2. The molecule has 0 amide bonds. The largest absolute Gasteiger partial charge is 0.497 e. The van der Waals surface area contributed by atoms with Crippen molar-refractivity contribution in [2.45, 2.75) is 0 Å². The van der Waals surface area contributed by atoms with Gasteiger partial charge in [-0.3, -0.25) is 9.15 Å². The molecule has 0 atom stereocenters. The van der Waals surface area contributed by atoms with Crippen LogP contribution in [0, 0.1) is 0 Å². The molecule has 3 rings (SSSR count). The first kappa shape index (κ1) is 11.5. The van der Waals surface area contributed by atoms with Crippen LogP contribution in [0.1, 0.15) is 0 Å². The summed E-state index contributed by atoms with van der Waals surface area (Å²) in [5, 5.41) is 1.62. The van der Waals surface area contributed by atoms with Gasteiger partial charge >= 0.3 is 0 Å². The van der Waals surface area contributed by atoms with Gasteiger partial charge in [0.15, 0.2) is 11.2 Å². The molecule has 0 saturated carbocycles. The van der Waals surface area contributed by atoms with E-state index in [0.717, 1.165) is 22.3 Å². The second-order valence-corrected chi connectivity index (χ2v) is 3.96. The summed E-state index contributed by atoms with van der Waals surface area (Å²) in [4.78, 5) is 0. The average Bonchev–Trinajstić information content (AvgIpc) is 2.65. The first-order valence-electron chi connectivity index (χ1n) is 5.69. The van der Waals surface area contributed by atoms with Crippen LogP contribution < -0.4 is 9.47 Å². The van der Waals surface area contributed by atoms with Crippen LogP contribution >= 0.6 is 0 Å². The molecule has 0 radical (unpaired) electrons. The highest BCUT2D eigenvalue weighted by molar-refractivity contribution is 6.02. The van der Waals surface area contributed by atoms with Crippen molar-refractivity contribution < 1.29 is 23.4 Å². The van der Waals surface area contributed by atoms with Gasteiger partial charge in [0.1, 0.15) is 11.5 Å². The minimum absolute atomic E-state index is 0.549. The van der Waals surface area contributed by atoms with Crippen LogP contribution in [0.4, 0.5) is 0 Å². The summed E-state index contributed by atoms with van der Waals surface area (Å²) in [5.41, 5.74) is 1.10. The van der Waals surface area contributed by atoms with Gasteiger partial charge in [0.2, 0.25) is 0 Å². The first-order chi connectivity index (χ1) is 9.31. The van der Waals surface area contributed by atoms with Crippen molar-refractivity contribution in [3.05, 3.63) is 36.4 Å². The van der Waals surface area contributed by atoms with Crippen LogP contribution in [-0.2, 0) is 0 Å². The van der Waals surface area contributed by atoms with Crippen molar-refractivity contribution >= 4 is 21.9 Å². The molecule has 0 bridgehead atoms. The quantitative estimate of drug-likeness (QED) is 0.654. The monoisotopic (exact) mass is 260 g/mol. The number of fused-ring (bicyclic) bond motifs is 3. The Balaban J connectivity index is 2.47. The summed E-state index contributed by atoms with van der Waals surface area (Å²) in [6.07, 6.45) is 0. The van der Waals surface area contributed by atoms with Crippen LogP contribution in [0.15, 0.2) is 50.3 Å². The molecule has 0 unspecified atom stereocenters. The molecule has 2 aromatic carbocycles. The average molecular weight is 260 g/mol. The van der Waals surface area contributed by atoms with Crippen LogP contribution in [0.25, 0.3) is 21.9 Å². The van der Waals surface area contributed by atoms with E-state index in [2.05, 4.69) is 0 Å². The summed E-state index contributed by atoms with van der Waals surface area (Å²) in [6, 6.07) is 10.8. The molecule has 0 fully saturated rings.